The quantitative estimate of drug-likeness (QED) is 0.215. The van der Waals surface area contributed by atoms with Gasteiger partial charge in [-0.1, -0.05) is 168 Å². The van der Waals surface area contributed by atoms with Crippen LogP contribution in [-0.4, -0.2) is 52.2 Å². The lowest BCUT2D eigenvalue weighted by atomic mass is 9.67. The van der Waals surface area contributed by atoms with E-state index in [1.807, 2.05) is 20.8 Å². The lowest BCUT2D eigenvalue weighted by Crippen LogP contribution is -2.37. The van der Waals surface area contributed by atoms with Gasteiger partial charge in [-0.15, -0.1) is 0 Å². The van der Waals surface area contributed by atoms with Gasteiger partial charge in [0, 0.05) is 13.0 Å². The number of carboxylic acid groups (broad SMARTS) is 3. The summed E-state index contributed by atoms with van der Waals surface area (Å²) in [6.07, 6.45) is 17.3. The van der Waals surface area contributed by atoms with Gasteiger partial charge in [-0.3, -0.25) is 19.2 Å². The summed E-state index contributed by atoms with van der Waals surface area (Å²) >= 11 is 0. The second-order valence-corrected chi connectivity index (χ2v) is 24.1. The fourth-order valence-electron chi connectivity index (χ4n) is 10.7. The number of Topliss-reactive ketones (excluding diaryl/α,β-unsaturated/α-hetero) is 1. The van der Waals surface area contributed by atoms with E-state index in [-0.39, 0.29) is 29.5 Å². The highest BCUT2D eigenvalue weighted by atomic mass is 16.5. The number of methoxy groups -OCH3 is 1. The molecule has 16 atom stereocenters. The second kappa shape index (κ2) is 33.4. The molecule has 16 unspecified atom stereocenters. The number of carboxylic acids is 3. The minimum absolute atomic E-state index is 0.0242. The highest BCUT2D eigenvalue weighted by molar-refractivity contribution is 5.84. The molecule has 3 N–H and O–H groups in total. The lowest BCUT2D eigenvalue weighted by molar-refractivity contribution is -0.149. The summed E-state index contributed by atoms with van der Waals surface area (Å²) in [6.45, 7) is 46.3. The number of carbonyl (C=O) groups excluding carboxylic acids is 1. The van der Waals surface area contributed by atoms with Gasteiger partial charge in [0.1, 0.15) is 5.78 Å². The van der Waals surface area contributed by atoms with Gasteiger partial charge in [0.2, 0.25) is 0 Å². The molecule has 6 saturated carbocycles. The zero-order valence-electron chi connectivity index (χ0n) is 47.7. The first-order chi connectivity index (χ1) is 30.9. The Morgan fingerprint density at radius 3 is 1.16 bits per heavy atom. The summed E-state index contributed by atoms with van der Waals surface area (Å²) in [6, 6.07) is 0. The van der Waals surface area contributed by atoms with Crippen LogP contribution in [0.5, 0.6) is 0 Å². The van der Waals surface area contributed by atoms with Crippen LogP contribution in [0.4, 0.5) is 0 Å². The minimum atomic E-state index is -0.816. The van der Waals surface area contributed by atoms with Crippen molar-refractivity contribution in [1.82, 2.24) is 0 Å². The predicted molar refractivity (Wildman–Crippen MR) is 283 cm³/mol. The maximum Gasteiger partial charge on any atom is 0.307 e. The van der Waals surface area contributed by atoms with Gasteiger partial charge in [-0.25, -0.2) is 0 Å². The molecule has 6 rings (SSSR count). The zero-order chi connectivity index (χ0) is 52.7. The molecular formula is C59H112O8. The van der Waals surface area contributed by atoms with Crippen molar-refractivity contribution in [3.8, 4) is 0 Å². The molecule has 0 saturated heterocycles. The zero-order valence-corrected chi connectivity index (χ0v) is 47.7. The normalized spacial score (nSPS) is 34.1. The molecule has 0 radical (unpaired) electrons. The van der Waals surface area contributed by atoms with Crippen LogP contribution in [0.3, 0.4) is 0 Å². The average Bonchev–Trinajstić information content (AvgIpc) is 4.03. The Hall–Kier alpha value is -2.22. The Morgan fingerprint density at radius 1 is 0.582 bits per heavy atom. The number of unbranched alkanes of at least 4 members (excludes halogenated alkanes) is 1. The van der Waals surface area contributed by atoms with E-state index in [1.54, 1.807) is 27.4 Å². The van der Waals surface area contributed by atoms with Crippen molar-refractivity contribution in [2.45, 2.75) is 228 Å². The summed E-state index contributed by atoms with van der Waals surface area (Å²) in [4.78, 5) is 43.3. The van der Waals surface area contributed by atoms with Crippen LogP contribution in [0.1, 0.15) is 222 Å². The van der Waals surface area contributed by atoms with E-state index in [1.165, 1.54) is 64.7 Å². The Bertz CT molecular complexity index is 1310. The van der Waals surface area contributed by atoms with E-state index in [0.717, 1.165) is 53.9 Å². The molecule has 4 bridgehead atoms. The number of ketones is 1. The van der Waals surface area contributed by atoms with Crippen molar-refractivity contribution in [1.29, 1.82) is 0 Å². The number of hydrogen-bond donors (Lipinski definition) is 3. The molecule has 6 aliphatic carbocycles. The molecule has 396 valence electrons. The maximum atomic E-state index is 11.3. The van der Waals surface area contributed by atoms with Gasteiger partial charge in [0.25, 0.3) is 0 Å². The molecule has 0 spiro atoms. The highest BCUT2D eigenvalue weighted by Crippen LogP contribution is 2.60. The average molecular weight is 950 g/mol. The lowest BCUT2D eigenvalue weighted by Gasteiger charge is -2.36. The number of rotatable bonds is 7. The van der Waals surface area contributed by atoms with Crippen molar-refractivity contribution in [3.05, 3.63) is 12.2 Å². The molecule has 6 aliphatic rings. The minimum Gasteiger partial charge on any atom is -0.481 e. The molecule has 0 aromatic carbocycles. The molecule has 0 aliphatic heterocycles. The Kier molecular flexibility index (Phi) is 33.3. The van der Waals surface area contributed by atoms with Crippen LogP contribution < -0.4 is 0 Å². The van der Waals surface area contributed by atoms with E-state index in [0.29, 0.717) is 53.4 Å². The number of aliphatic carboxylic acids is 3. The molecular weight excluding hydrogens is 837 g/mol. The van der Waals surface area contributed by atoms with Crippen LogP contribution in [-0.2, 0) is 23.9 Å². The van der Waals surface area contributed by atoms with Gasteiger partial charge in [0.15, 0.2) is 0 Å². The molecule has 8 heteroatoms. The van der Waals surface area contributed by atoms with Crippen LogP contribution in [0.25, 0.3) is 0 Å². The van der Waals surface area contributed by atoms with Gasteiger partial charge in [-0.05, 0) is 149 Å². The maximum absolute atomic E-state index is 11.3. The van der Waals surface area contributed by atoms with Crippen molar-refractivity contribution in [3.63, 3.8) is 0 Å². The van der Waals surface area contributed by atoms with E-state index in [4.69, 9.17) is 14.9 Å². The van der Waals surface area contributed by atoms with Crippen molar-refractivity contribution < 1.29 is 39.2 Å². The number of allylic oxidation sites excluding steroid dienone is 1. The van der Waals surface area contributed by atoms with Gasteiger partial charge in [-0.2, -0.15) is 0 Å². The van der Waals surface area contributed by atoms with Crippen molar-refractivity contribution in [2.75, 3.05) is 7.11 Å². The van der Waals surface area contributed by atoms with E-state index >= 15 is 0 Å². The van der Waals surface area contributed by atoms with Gasteiger partial charge in [0.05, 0.1) is 23.9 Å². The molecule has 0 aromatic rings. The Balaban J connectivity index is 0. The van der Waals surface area contributed by atoms with Gasteiger partial charge >= 0.3 is 17.9 Å². The van der Waals surface area contributed by atoms with Crippen LogP contribution in [0.2, 0.25) is 0 Å². The third-order valence-electron chi connectivity index (χ3n) is 17.3. The standard InChI is InChI=1S/C13H20O2.C11H18O3.C9H16.C8H16.C6H14.C4H8O2.C4H10O.C4H10/c1-6(2)11-9-5-10(8(4)7(9)3)12(11)13(14)15;1-6-4-9(8(3)12)10(11(13)14)5-7(6)2;1-6-7(2)9-4-3-8(6)5-9;1-7-5-3-4-6-8(7)2;1-5-6(2,3)4;1-3(2)4(5)6;1-4(2)5-3;1-3-4-2/h7-12H,1,5H2,2-4H3,(H,14,15);6-7,9-10H,4-5H2,1-3H3,(H,13,14);6-9H,3-5H2,1-2H3;7-8H,3-6H2,1-2H3;5H2,1-4H3;3H,1-2H3,(H,5,6);4H,1-3H3;3-4H2,1-2H3. The first kappa shape index (κ1) is 66.9. The number of carbonyl (C=O) groups is 4. The predicted octanol–water partition coefficient (Wildman–Crippen LogP) is 16.3. The smallest absolute Gasteiger partial charge is 0.307 e. The monoisotopic (exact) mass is 949 g/mol. The first-order valence-electron chi connectivity index (χ1n) is 27.2. The van der Waals surface area contributed by atoms with E-state index in [9.17, 15) is 24.3 Å². The third-order valence-corrected chi connectivity index (χ3v) is 17.3. The van der Waals surface area contributed by atoms with E-state index < -0.39 is 23.8 Å². The molecule has 0 amide bonds. The van der Waals surface area contributed by atoms with E-state index in [2.05, 4.69) is 104 Å². The summed E-state index contributed by atoms with van der Waals surface area (Å²) < 4.78 is 4.75. The Labute approximate surface area is 414 Å². The van der Waals surface area contributed by atoms with Crippen molar-refractivity contribution in [2.24, 2.45) is 106 Å². The molecule has 6 fully saturated rings. The molecule has 67 heavy (non-hydrogen) atoms. The summed E-state index contributed by atoms with van der Waals surface area (Å²) in [5.74, 6) is 6.30. The molecule has 8 nitrogen and oxygen atoms in total. The SMILES string of the molecule is C=C(C)C1C2CC(C(C)C2C)C1C(=O)O.CC(=O)C1CC(C)C(C)CC1C(=O)O.CC(C)C(=O)O.CC1C2CCC(C2)C1C.CC1CCCCC1C.CCC(C)(C)C.CCCC.COC(C)C. The van der Waals surface area contributed by atoms with Crippen LogP contribution >= 0.6 is 0 Å². The Morgan fingerprint density at radius 2 is 0.940 bits per heavy atom. The second-order valence-electron chi connectivity index (χ2n) is 24.1. The summed E-state index contributed by atoms with van der Waals surface area (Å²) in [5, 5.41) is 26.3. The topological polar surface area (TPSA) is 138 Å². The van der Waals surface area contributed by atoms with Crippen LogP contribution in [0.15, 0.2) is 12.2 Å². The van der Waals surface area contributed by atoms with Crippen LogP contribution in [0, 0.1) is 106 Å². The van der Waals surface area contributed by atoms with Gasteiger partial charge < -0.3 is 20.1 Å². The number of hydrogen-bond acceptors (Lipinski definition) is 5. The molecule has 0 heterocycles. The summed E-state index contributed by atoms with van der Waals surface area (Å²) in [5.41, 5.74) is 1.61. The molecule has 0 aromatic heterocycles. The number of ether oxygens (including phenoxy) is 1. The fourth-order valence-corrected chi connectivity index (χ4v) is 10.7. The van der Waals surface area contributed by atoms with Crippen molar-refractivity contribution >= 4 is 23.7 Å². The summed E-state index contributed by atoms with van der Waals surface area (Å²) in [7, 11) is 1.70. The number of fused-ring (bicyclic) bond motifs is 4. The third kappa shape index (κ3) is 24.5. The highest BCUT2D eigenvalue weighted by Gasteiger charge is 2.57. The fraction of sp³-hybridized carbons (Fsp3) is 0.898. The first-order valence-corrected chi connectivity index (χ1v) is 27.2. The largest absolute Gasteiger partial charge is 0.481 e.